The van der Waals surface area contributed by atoms with Crippen molar-refractivity contribution in [1.29, 1.82) is 0 Å². The van der Waals surface area contributed by atoms with Crippen LogP contribution in [0, 0.1) is 11.8 Å². The topological polar surface area (TPSA) is 71.2 Å². The molecule has 0 spiro atoms. The maximum atomic E-state index is 14.0. The van der Waals surface area contributed by atoms with Gasteiger partial charge in [0, 0.05) is 74.1 Å². The summed E-state index contributed by atoms with van der Waals surface area (Å²) in [5, 5.41) is 6.58. The van der Waals surface area contributed by atoms with Crippen LogP contribution in [-0.4, -0.2) is 73.2 Å². The normalized spacial score (nSPS) is 20.3. The molecule has 4 amide bonds. The molecule has 0 atom stereocenters. The van der Waals surface area contributed by atoms with Crippen LogP contribution in [0.4, 0.5) is 32.3 Å². The largest absolute Gasteiger partial charge is 0.372 e. The highest BCUT2D eigenvalue weighted by Crippen LogP contribution is 2.34. The van der Waals surface area contributed by atoms with Crippen molar-refractivity contribution in [2.75, 3.05) is 59.7 Å². The van der Waals surface area contributed by atoms with E-state index < -0.39 is 0 Å². The lowest BCUT2D eigenvalue weighted by Gasteiger charge is -2.39. The summed E-state index contributed by atoms with van der Waals surface area (Å²) in [7, 11) is 0. The molecule has 288 valence electrons. The maximum Gasteiger partial charge on any atom is 0.322 e. The SMILES string of the molecule is CCN(CC)c1ccc(NC(=O)N(CC2CCC(CN(C(=O)Nc3ccc(N(CC)CC)cc3)C3CCCCCC3)CC2)C2CCCCCC2)cc1. The molecule has 0 aliphatic heterocycles. The van der Waals surface area contributed by atoms with Gasteiger partial charge < -0.3 is 30.2 Å². The average molecular weight is 715 g/mol. The highest BCUT2D eigenvalue weighted by atomic mass is 16.2. The Morgan fingerprint density at radius 3 is 1.08 bits per heavy atom. The van der Waals surface area contributed by atoms with Crippen molar-refractivity contribution >= 4 is 34.8 Å². The predicted octanol–water partition coefficient (Wildman–Crippen LogP) is 11.0. The molecule has 0 aromatic heterocycles. The summed E-state index contributed by atoms with van der Waals surface area (Å²) in [6.07, 6.45) is 18.8. The van der Waals surface area contributed by atoms with Crippen LogP contribution < -0.4 is 20.4 Å². The monoisotopic (exact) mass is 715 g/mol. The number of anilines is 4. The third-order valence-corrected chi connectivity index (χ3v) is 12.4. The molecule has 3 saturated carbocycles. The molecule has 52 heavy (non-hydrogen) atoms. The number of urea groups is 2. The average Bonchev–Trinajstić information content (AvgIpc) is 3.62. The van der Waals surface area contributed by atoms with Gasteiger partial charge in [0.15, 0.2) is 0 Å². The van der Waals surface area contributed by atoms with Crippen molar-refractivity contribution < 1.29 is 9.59 Å². The molecule has 3 fully saturated rings. The second kappa shape index (κ2) is 20.7. The van der Waals surface area contributed by atoms with Gasteiger partial charge in [-0.05, 0) is 139 Å². The van der Waals surface area contributed by atoms with Crippen molar-refractivity contribution in [3.63, 3.8) is 0 Å². The molecule has 2 N–H and O–H groups in total. The van der Waals surface area contributed by atoms with E-state index in [0.29, 0.717) is 23.9 Å². The molecular formula is C44H70N6O2. The highest BCUT2D eigenvalue weighted by Gasteiger charge is 2.33. The van der Waals surface area contributed by atoms with E-state index in [1.165, 1.54) is 62.7 Å². The number of nitrogens with zero attached hydrogens (tertiary/aromatic N) is 4. The molecule has 8 heteroatoms. The van der Waals surface area contributed by atoms with E-state index in [1.54, 1.807) is 0 Å². The van der Waals surface area contributed by atoms with Crippen LogP contribution >= 0.6 is 0 Å². The quantitative estimate of drug-likeness (QED) is 0.191. The Kier molecular flexibility index (Phi) is 15.9. The van der Waals surface area contributed by atoms with Gasteiger partial charge in [0.05, 0.1) is 0 Å². The summed E-state index contributed by atoms with van der Waals surface area (Å²) < 4.78 is 0. The standard InChI is InChI=1S/C44H70N6O2/c1-5-47(6-2)39-29-25-37(26-30-39)45-43(51)49(41-17-13-9-10-14-18-41)33-35-21-23-36(24-22-35)34-50(42-19-15-11-12-16-20-42)44(52)46-38-27-31-40(32-28-38)48(7-3)8-4/h25-32,35-36,41-42H,5-24,33-34H2,1-4H3,(H,45,51)(H,46,52). The maximum absolute atomic E-state index is 14.0. The van der Waals surface area contributed by atoms with E-state index in [-0.39, 0.29) is 12.1 Å². The summed E-state index contributed by atoms with van der Waals surface area (Å²) in [5.74, 6) is 1.000. The third-order valence-electron chi connectivity index (χ3n) is 12.4. The molecule has 0 unspecified atom stereocenters. The molecule has 3 aliphatic rings. The van der Waals surface area contributed by atoms with Crippen molar-refractivity contribution in [3.8, 4) is 0 Å². The molecule has 3 aliphatic carbocycles. The van der Waals surface area contributed by atoms with E-state index in [1.807, 2.05) is 0 Å². The Morgan fingerprint density at radius 2 is 0.788 bits per heavy atom. The van der Waals surface area contributed by atoms with Gasteiger partial charge >= 0.3 is 12.1 Å². The lowest BCUT2D eigenvalue weighted by molar-refractivity contribution is 0.126. The van der Waals surface area contributed by atoms with Crippen LogP contribution in [0.3, 0.4) is 0 Å². The van der Waals surface area contributed by atoms with Gasteiger partial charge in [-0.25, -0.2) is 9.59 Å². The zero-order valence-corrected chi connectivity index (χ0v) is 33.1. The predicted molar refractivity (Wildman–Crippen MR) is 220 cm³/mol. The minimum atomic E-state index is 0.0611. The van der Waals surface area contributed by atoms with Crippen LogP contribution in [0.25, 0.3) is 0 Å². The minimum absolute atomic E-state index is 0.0611. The zero-order valence-electron chi connectivity index (χ0n) is 33.1. The van der Waals surface area contributed by atoms with E-state index in [9.17, 15) is 9.59 Å². The van der Waals surface area contributed by atoms with Gasteiger partial charge in [0.1, 0.15) is 0 Å². The van der Waals surface area contributed by atoms with E-state index >= 15 is 0 Å². The number of carbonyl (C=O) groups is 2. The lowest BCUT2D eigenvalue weighted by atomic mass is 9.81. The molecular weight excluding hydrogens is 645 g/mol. The number of rotatable bonds is 14. The molecule has 2 aromatic carbocycles. The van der Waals surface area contributed by atoms with Crippen LogP contribution in [0.2, 0.25) is 0 Å². The van der Waals surface area contributed by atoms with Gasteiger partial charge in [-0.15, -0.1) is 0 Å². The molecule has 0 bridgehead atoms. The van der Waals surface area contributed by atoms with Crippen molar-refractivity contribution in [3.05, 3.63) is 48.5 Å². The Labute approximate surface area is 316 Å². The summed E-state index contributed by atoms with van der Waals surface area (Å²) >= 11 is 0. The fourth-order valence-corrected chi connectivity index (χ4v) is 9.17. The minimum Gasteiger partial charge on any atom is -0.372 e. The van der Waals surface area contributed by atoms with Crippen molar-refractivity contribution in [2.45, 2.75) is 143 Å². The summed E-state index contributed by atoms with van der Waals surface area (Å²) in [6.45, 7) is 14.2. The number of nitrogens with one attached hydrogen (secondary N) is 2. The molecule has 0 radical (unpaired) electrons. The number of hydrogen-bond donors (Lipinski definition) is 2. The van der Waals surface area contributed by atoms with Gasteiger partial charge in [-0.3, -0.25) is 0 Å². The van der Waals surface area contributed by atoms with Crippen LogP contribution in [0.5, 0.6) is 0 Å². The number of carbonyl (C=O) groups excluding carboxylic acids is 2. The van der Waals surface area contributed by atoms with Crippen molar-refractivity contribution in [2.24, 2.45) is 11.8 Å². The van der Waals surface area contributed by atoms with Crippen LogP contribution in [0.1, 0.15) is 130 Å². The summed E-state index contributed by atoms with van der Waals surface area (Å²) in [4.78, 5) is 37.1. The van der Waals surface area contributed by atoms with Crippen LogP contribution in [0.15, 0.2) is 48.5 Å². The summed E-state index contributed by atoms with van der Waals surface area (Å²) in [5.41, 5.74) is 4.14. The first kappa shape index (κ1) is 39.8. The van der Waals surface area contributed by atoms with Crippen LogP contribution in [-0.2, 0) is 0 Å². The van der Waals surface area contributed by atoms with E-state index in [0.717, 1.165) is 102 Å². The Hall–Kier alpha value is -3.42. The second-order valence-corrected chi connectivity index (χ2v) is 15.8. The molecule has 5 rings (SSSR count). The lowest BCUT2D eigenvalue weighted by Crippen LogP contribution is -2.47. The van der Waals surface area contributed by atoms with E-state index in [2.05, 4.69) is 106 Å². The smallest absolute Gasteiger partial charge is 0.322 e. The number of amides is 4. The first-order valence-corrected chi connectivity index (χ1v) is 21.3. The second-order valence-electron chi connectivity index (χ2n) is 15.8. The molecule has 8 nitrogen and oxygen atoms in total. The highest BCUT2D eigenvalue weighted by molar-refractivity contribution is 5.90. The Balaban J connectivity index is 1.21. The molecule has 0 heterocycles. The zero-order chi connectivity index (χ0) is 36.7. The Bertz CT molecular complexity index is 1210. The van der Waals surface area contributed by atoms with Gasteiger partial charge in [0.25, 0.3) is 0 Å². The fourth-order valence-electron chi connectivity index (χ4n) is 9.17. The third kappa shape index (κ3) is 11.3. The van der Waals surface area contributed by atoms with Gasteiger partial charge in [0.2, 0.25) is 0 Å². The Morgan fingerprint density at radius 1 is 0.481 bits per heavy atom. The van der Waals surface area contributed by atoms with Gasteiger partial charge in [-0.1, -0.05) is 51.4 Å². The van der Waals surface area contributed by atoms with E-state index in [4.69, 9.17) is 0 Å². The van der Waals surface area contributed by atoms with Gasteiger partial charge in [-0.2, -0.15) is 0 Å². The fraction of sp³-hybridized carbons (Fsp3) is 0.682. The first-order valence-electron chi connectivity index (χ1n) is 21.3. The van der Waals surface area contributed by atoms with Crippen molar-refractivity contribution in [1.82, 2.24) is 9.80 Å². The molecule has 2 aromatic rings. The summed E-state index contributed by atoms with van der Waals surface area (Å²) in [6, 6.07) is 17.5. The number of hydrogen-bond acceptors (Lipinski definition) is 4. The number of benzene rings is 2. The molecule has 0 saturated heterocycles. The first-order chi connectivity index (χ1) is 25.4.